The lowest BCUT2D eigenvalue weighted by Gasteiger charge is -2.10. The van der Waals surface area contributed by atoms with Gasteiger partial charge in [-0.15, -0.1) is 0 Å². The first kappa shape index (κ1) is 12.8. The van der Waals surface area contributed by atoms with Crippen LogP contribution in [-0.2, 0) is 4.79 Å². The van der Waals surface area contributed by atoms with Crippen LogP contribution in [0.1, 0.15) is 51.9 Å². The number of hydrogen-bond acceptors (Lipinski definition) is 3. The van der Waals surface area contributed by atoms with Gasteiger partial charge in [0.1, 0.15) is 0 Å². The Morgan fingerprint density at radius 3 is 2.31 bits per heavy atom. The smallest absolute Gasteiger partial charge is 0.0541 e. The van der Waals surface area contributed by atoms with Crippen molar-refractivity contribution in [2.24, 2.45) is 0 Å². The molecule has 0 aromatic rings. The van der Waals surface area contributed by atoms with Gasteiger partial charge in [-0.05, 0) is 6.42 Å². The summed E-state index contributed by atoms with van der Waals surface area (Å²) >= 11 is 3.91. The standard InChI is InChI=1S/C10H20O2S/c1-2-3-4-5-6-7-8-9(13)10(11)12/h9,13H,2-8H2,1H3,(H,11,12)/p-1. The molecule has 0 aliphatic carbocycles. The molecule has 1 unspecified atom stereocenters. The first-order valence-electron chi connectivity index (χ1n) is 5.07. The van der Waals surface area contributed by atoms with Crippen LogP contribution in [0.15, 0.2) is 0 Å². The molecular weight excluding hydrogens is 184 g/mol. The second-order valence-electron chi connectivity index (χ2n) is 3.39. The van der Waals surface area contributed by atoms with Crippen molar-refractivity contribution in [1.29, 1.82) is 0 Å². The van der Waals surface area contributed by atoms with Crippen molar-refractivity contribution in [3.63, 3.8) is 0 Å². The molecule has 0 aromatic carbocycles. The minimum Gasteiger partial charge on any atom is -0.549 e. The fraction of sp³-hybridized carbons (Fsp3) is 0.900. The second kappa shape index (κ2) is 8.42. The zero-order chi connectivity index (χ0) is 10.1. The summed E-state index contributed by atoms with van der Waals surface area (Å²) in [6.45, 7) is 2.18. The number of hydrogen-bond donors (Lipinski definition) is 1. The average Bonchev–Trinajstić information content (AvgIpc) is 2.10. The Labute approximate surface area is 86.1 Å². The molecule has 0 N–H and O–H groups in total. The molecule has 0 saturated carbocycles. The topological polar surface area (TPSA) is 40.1 Å². The Kier molecular flexibility index (Phi) is 8.30. The predicted octanol–water partition coefficient (Wildman–Crippen LogP) is 1.79. The molecule has 0 amide bonds. The predicted molar refractivity (Wildman–Crippen MR) is 55.8 cm³/mol. The van der Waals surface area contributed by atoms with E-state index in [-0.39, 0.29) is 0 Å². The van der Waals surface area contributed by atoms with E-state index in [9.17, 15) is 9.90 Å². The lowest BCUT2D eigenvalue weighted by molar-refractivity contribution is -0.304. The normalized spacial score (nSPS) is 12.8. The number of carboxylic acids is 1. The maximum Gasteiger partial charge on any atom is 0.0541 e. The van der Waals surface area contributed by atoms with E-state index in [0.29, 0.717) is 6.42 Å². The summed E-state index contributed by atoms with van der Waals surface area (Å²) in [5, 5.41) is 9.70. The van der Waals surface area contributed by atoms with Crippen LogP contribution < -0.4 is 5.11 Å². The number of aliphatic carboxylic acids is 1. The molecule has 1 atom stereocenters. The van der Waals surface area contributed by atoms with Crippen molar-refractivity contribution in [3.05, 3.63) is 0 Å². The molecule has 0 radical (unpaired) electrons. The molecule has 3 heteroatoms. The van der Waals surface area contributed by atoms with Crippen molar-refractivity contribution in [2.45, 2.75) is 57.1 Å². The van der Waals surface area contributed by atoms with Crippen LogP contribution in [0.4, 0.5) is 0 Å². The first-order valence-corrected chi connectivity index (χ1v) is 5.59. The molecule has 0 heterocycles. The Bertz CT molecular complexity index is 137. The van der Waals surface area contributed by atoms with E-state index < -0.39 is 11.2 Å². The number of carbonyl (C=O) groups is 1. The van der Waals surface area contributed by atoms with E-state index >= 15 is 0 Å². The summed E-state index contributed by atoms with van der Waals surface area (Å²) in [7, 11) is 0. The average molecular weight is 203 g/mol. The molecular formula is C10H19O2S-. The summed E-state index contributed by atoms with van der Waals surface area (Å²) in [6.07, 6.45) is 7.70. The van der Waals surface area contributed by atoms with Gasteiger partial charge in [0.05, 0.1) is 5.97 Å². The number of carbonyl (C=O) groups excluding carboxylic acids is 1. The van der Waals surface area contributed by atoms with Crippen LogP contribution in [0.2, 0.25) is 0 Å². The highest BCUT2D eigenvalue weighted by atomic mass is 32.1. The van der Waals surface area contributed by atoms with Crippen LogP contribution in [0.5, 0.6) is 0 Å². The van der Waals surface area contributed by atoms with Crippen molar-refractivity contribution in [3.8, 4) is 0 Å². The first-order chi connectivity index (χ1) is 6.18. The third kappa shape index (κ3) is 8.16. The Hall–Kier alpha value is -0.180. The number of rotatable bonds is 8. The van der Waals surface area contributed by atoms with E-state index in [1.54, 1.807) is 0 Å². The Morgan fingerprint density at radius 2 is 1.77 bits per heavy atom. The highest BCUT2D eigenvalue weighted by Crippen LogP contribution is 2.10. The summed E-state index contributed by atoms with van der Waals surface area (Å²) in [6, 6.07) is 0. The molecule has 0 saturated heterocycles. The fourth-order valence-electron chi connectivity index (χ4n) is 1.24. The third-order valence-electron chi connectivity index (χ3n) is 2.10. The molecule has 0 aliphatic heterocycles. The Balaban J connectivity index is 3.11. The van der Waals surface area contributed by atoms with Gasteiger partial charge >= 0.3 is 0 Å². The highest BCUT2D eigenvalue weighted by Gasteiger charge is 2.02. The molecule has 0 fully saturated rings. The molecule has 0 aromatic heterocycles. The van der Waals surface area contributed by atoms with Gasteiger partial charge in [0.15, 0.2) is 0 Å². The second-order valence-corrected chi connectivity index (χ2v) is 4.01. The molecule has 2 nitrogen and oxygen atoms in total. The minimum atomic E-state index is -1.04. The van der Waals surface area contributed by atoms with Gasteiger partial charge in [-0.3, -0.25) is 0 Å². The summed E-state index contributed by atoms with van der Waals surface area (Å²) in [5.41, 5.74) is 0. The lowest BCUT2D eigenvalue weighted by Crippen LogP contribution is -2.31. The highest BCUT2D eigenvalue weighted by molar-refractivity contribution is 7.81. The van der Waals surface area contributed by atoms with E-state index in [1.807, 2.05) is 0 Å². The molecule has 0 aliphatic rings. The quantitative estimate of drug-likeness (QED) is 0.482. The summed E-state index contributed by atoms with van der Waals surface area (Å²) < 4.78 is 0. The van der Waals surface area contributed by atoms with Crippen molar-refractivity contribution in [1.82, 2.24) is 0 Å². The maximum absolute atomic E-state index is 10.3. The van der Waals surface area contributed by atoms with E-state index in [1.165, 1.54) is 25.7 Å². The maximum atomic E-state index is 10.3. The van der Waals surface area contributed by atoms with Crippen LogP contribution in [-0.4, -0.2) is 11.2 Å². The summed E-state index contributed by atoms with van der Waals surface area (Å²) in [4.78, 5) is 10.3. The number of carboxylic acid groups (broad SMARTS) is 1. The lowest BCUT2D eigenvalue weighted by atomic mass is 10.1. The van der Waals surface area contributed by atoms with Crippen molar-refractivity contribution in [2.75, 3.05) is 0 Å². The fourth-order valence-corrected chi connectivity index (χ4v) is 1.42. The van der Waals surface area contributed by atoms with E-state index in [4.69, 9.17) is 0 Å². The molecule has 0 bridgehead atoms. The Morgan fingerprint density at radius 1 is 1.23 bits per heavy atom. The number of unbranched alkanes of at least 4 members (excludes halogenated alkanes) is 5. The van der Waals surface area contributed by atoms with Gasteiger partial charge < -0.3 is 9.90 Å². The van der Waals surface area contributed by atoms with Crippen molar-refractivity contribution < 1.29 is 9.90 Å². The molecule has 0 spiro atoms. The zero-order valence-corrected chi connectivity index (χ0v) is 9.19. The van der Waals surface area contributed by atoms with Gasteiger partial charge in [0.25, 0.3) is 0 Å². The van der Waals surface area contributed by atoms with E-state index in [2.05, 4.69) is 19.6 Å². The molecule has 13 heavy (non-hydrogen) atoms. The van der Waals surface area contributed by atoms with Crippen molar-refractivity contribution >= 4 is 18.6 Å². The van der Waals surface area contributed by atoms with Gasteiger partial charge in [-0.1, -0.05) is 45.4 Å². The largest absolute Gasteiger partial charge is 0.549 e. The number of thiol groups is 1. The SMILES string of the molecule is CCCCCCCCC(S)C(=O)[O-]. The summed E-state index contributed by atoms with van der Waals surface area (Å²) in [5.74, 6) is -1.04. The van der Waals surface area contributed by atoms with Gasteiger partial charge in [0, 0.05) is 5.25 Å². The zero-order valence-electron chi connectivity index (χ0n) is 8.29. The van der Waals surface area contributed by atoms with Gasteiger partial charge in [0.2, 0.25) is 0 Å². The van der Waals surface area contributed by atoms with Crippen LogP contribution >= 0.6 is 12.6 Å². The van der Waals surface area contributed by atoms with Gasteiger partial charge in [-0.25, -0.2) is 0 Å². The van der Waals surface area contributed by atoms with Crippen LogP contribution in [0.3, 0.4) is 0 Å². The molecule has 0 rings (SSSR count). The van der Waals surface area contributed by atoms with E-state index in [0.717, 1.165) is 12.8 Å². The monoisotopic (exact) mass is 203 g/mol. The molecule has 78 valence electrons. The van der Waals surface area contributed by atoms with Gasteiger partial charge in [-0.2, -0.15) is 12.6 Å². The van der Waals surface area contributed by atoms with Crippen LogP contribution in [0.25, 0.3) is 0 Å². The minimum absolute atomic E-state index is 0.578. The third-order valence-corrected chi connectivity index (χ3v) is 2.57. The van der Waals surface area contributed by atoms with Crippen LogP contribution in [0, 0.1) is 0 Å².